The van der Waals surface area contributed by atoms with Crippen LogP contribution in [-0.2, 0) is 6.54 Å². The smallest absolute Gasteiger partial charge is 0.336 e. The fraction of sp³-hybridized carbons (Fsp3) is 0.500. The number of rotatable bonds is 2. The van der Waals surface area contributed by atoms with E-state index in [4.69, 9.17) is 4.42 Å². The molecule has 23 heavy (non-hydrogen) atoms. The average Bonchev–Trinajstić information content (AvgIpc) is 2.81. The van der Waals surface area contributed by atoms with Crippen LogP contribution in [0.1, 0.15) is 30.4 Å². The predicted octanol–water partition coefficient (Wildman–Crippen LogP) is 2.85. The third-order valence-electron chi connectivity index (χ3n) is 4.99. The number of halogens is 1. The molecule has 2 saturated heterocycles. The van der Waals surface area contributed by atoms with Gasteiger partial charge in [-0.25, -0.2) is 4.79 Å². The van der Waals surface area contributed by atoms with Crippen LogP contribution in [0.3, 0.4) is 0 Å². The summed E-state index contributed by atoms with van der Waals surface area (Å²) < 4.78 is 5.36. The monoisotopic (exact) mass is 334 g/mol. The maximum Gasteiger partial charge on any atom is 0.336 e. The average molecular weight is 335 g/mol. The molecule has 124 valence electrons. The highest BCUT2D eigenvalue weighted by Crippen LogP contribution is 2.24. The maximum absolute atomic E-state index is 11.9. The zero-order valence-electron chi connectivity index (χ0n) is 13.4. The fourth-order valence-corrected chi connectivity index (χ4v) is 3.87. The lowest BCUT2D eigenvalue weighted by atomic mass is 10.1. The van der Waals surface area contributed by atoms with Gasteiger partial charge >= 0.3 is 5.63 Å². The Morgan fingerprint density at radius 3 is 2.91 bits per heavy atom. The van der Waals surface area contributed by atoms with E-state index in [1.807, 2.05) is 13.0 Å². The lowest BCUT2D eigenvalue weighted by Crippen LogP contribution is -2.35. The molecule has 1 aromatic heterocycles. The van der Waals surface area contributed by atoms with Crippen LogP contribution in [0.2, 0.25) is 0 Å². The van der Waals surface area contributed by atoms with Crippen molar-refractivity contribution in [1.82, 2.24) is 10.2 Å². The van der Waals surface area contributed by atoms with Gasteiger partial charge in [0, 0.05) is 43.2 Å². The number of hydrogen-bond acceptors (Lipinski definition) is 4. The van der Waals surface area contributed by atoms with E-state index in [-0.39, 0.29) is 18.0 Å². The molecule has 2 aliphatic heterocycles. The molecule has 0 radical (unpaired) electrons. The van der Waals surface area contributed by atoms with Gasteiger partial charge in [0.05, 0.1) is 0 Å². The lowest BCUT2D eigenvalue weighted by Gasteiger charge is -2.24. The summed E-state index contributed by atoms with van der Waals surface area (Å²) in [6.45, 7) is 5.02. The Morgan fingerprint density at radius 2 is 2.04 bits per heavy atom. The van der Waals surface area contributed by atoms with Crippen molar-refractivity contribution in [3.63, 3.8) is 0 Å². The minimum atomic E-state index is -0.248. The van der Waals surface area contributed by atoms with Crippen molar-refractivity contribution < 1.29 is 4.42 Å². The van der Waals surface area contributed by atoms with E-state index in [1.54, 1.807) is 6.07 Å². The minimum absolute atomic E-state index is 0. The van der Waals surface area contributed by atoms with Gasteiger partial charge in [0.15, 0.2) is 0 Å². The van der Waals surface area contributed by atoms with Crippen LogP contribution in [0.15, 0.2) is 33.5 Å². The molecule has 1 aromatic carbocycles. The molecule has 2 fully saturated rings. The molecule has 0 aliphatic carbocycles. The number of nitrogens with one attached hydrogen (secondary N) is 1. The van der Waals surface area contributed by atoms with Gasteiger partial charge in [-0.2, -0.15) is 0 Å². The SMILES string of the molecule is Cc1ccc2c(CN3CCC4CCC(C3)N4)cc(=O)oc2c1.Cl. The number of likely N-dealkylation sites (tertiary alicyclic amines) is 1. The summed E-state index contributed by atoms with van der Waals surface area (Å²) in [7, 11) is 0. The third kappa shape index (κ3) is 3.44. The van der Waals surface area contributed by atoms with Gasteiger partial charge in [-0.1, -0.05) is 12.1 Å². The fourth-order valence-electron chi connectivity index (χ4n) is 3.87. The molecule has 4 rings (SSSR count). The Morgan fingerprint density at radius 1 is 1.22 bits per heavy atom. The predicted molar refractivity (Wildman–Crippen MR) is 94.3 cm³/mol. The standard InChI is InChI=1S/C18H22N2O2.ClH/c1-12-2-5-16-13(9-18(21)22-17(16)8-12)10-20-7-6-14-3-4-15(11-20)19-14;/h2,5,8-9,14-15,19H,3-4,6-7,10-11H2,1H3;1H. The molecular formula is C18H23ClN2O2. The van der Waals surface area contributed by atoms with E-state index in [2.05, 4.69) is 22.3 Å². The van der Waals surface area contributed by atoms with Crippen LogP contribution >= 0.6 is 12.4 Å². The van der Waals surface area contributed by atoms with Crippen LogP contribution < -0.4 is 10.9 Å². The number of fused-ring (bicyclic) bond motifs is 3. The molecule has 2 atom stereocenters. The van der Waals surface area contributed by atoms with Crippen LogP contribution in [0.25, 0.3) is 11.0 Å². The van der Waals surface area contributed by atoms with Crippen molar-refractivity contribution in [3.05, 3.63) is 45.8 Å². The Balaban J connectivity index is 0.00000156. The van der Waals surface area contributed by atoms with Gasteiger partial charge in [-0.15, -0.1) is 12.4 Å². The third-order valence-corrected chi connectivity index (χ3v) is 4.99. The number of benzene rings is 1. The second kappa shape index (κ2) is 6.63. The summed E-state index contributed by atoms with van der Waals surface area (Å²) in [6.07, 6.45) is 3.79. The Hall–Kier alpha value is -1.36. The molecule has 5 heteroatoms. The van der Waals surface area contributed by atoms with Crippen LogP contribution in [-0.4, -0.2) is 30.1 Å². The molecule has 4 nitrogen and oxygen atoms in total. The van der Waals surface area contributed by atoms with E-state index in [9.17, 15) is 4.79 Å². The van der Waals surface area contributed by atoms with Crippen molar-refractivity contribution in [3.8, 4) is 0 Å². The zero-order valence-corrected chi connectivity index (χ0v) is 14.2. The van der Waals surface area contributed by atoms with E-state index >= 15 is 0 Å². The van der Waals surface area contributed by atoms with Gasteiger partial charge in [-0.05, 0) is 43.4 Å². The number of aryl methyl sites for hydroxylation is 1. The molecule has 3 heterocycles. The normalized spacial score (nSPS) is 24.4. The molecule has 2 aliphatic rings. The number of hydrogen-bond donors (Lipinski definition) is 1. The highest BCUT2D eigenvalue weighted by molar-refractivity contribution is 5.85. The van der Waals surface area contributed by atoms with Crippen molar-refractivity contribution in [2.24, 2.45) is 0 Å². The van der Waals surface area contributed by atoms with Gasteiger partial charge in [0.1, 0.15) is 5.58 Å². The lowest BCUT2D eigenvalue weighted by molar-refractivity contribution is 0.251. The first kappa shape index (κ1) is 16.5. The summed E-state index contributed by atoms with van der Waals surface area (Å²) in [6, 6.07) is 9.07. The topological polar surface area (TPSA) is 45.5 Å². The molecule has 2 aromatic rings. The molecule has 0 spiro atoms. The molecular weight excluding hydrogens is 312 g/mol. The van der Waals surface area contributed by atoms with E-state index in [0.29, 0.717) is 17.7 Å². The second-order valence-electron chi connectivity index (χ2n) is 6.75. The zero-order chi connectivity index (χ0) is 15.1. The van der Waals surface area contributed by atoms with Crippen LogP contribution in [0.4, 0.5) is 0 Å². The first-order valence-corrected chi connectivity index (χ1v) is 8.19. The quantitative estimate of drug-likeness (QED) is 0.858. The molecule has 0 amide bonds. The van der Waals surface area contributed by atoms with Crippen molar-refractivity contribution in [2.75, 3.05) is 13.1 Å². The van der Waals surface area contributed by atoms with E-state index in [1.165, 1.54) is 19.3 Å². The highest BCUT2D eigenvalue weighted by atomic mass is 35.5. The Bertz CT molecular complexity index is 758. The summed E-state index contributed by atoms with van der Waals surface area (Å²) >= 11 is 0. The molecule has 0 saturated carbocycles. The molecule has 1 N–H and O–H groups in total. The molecule has 2 unspecified atom stereocenters. The summed E-state index contributed by atoms with van der Waals surface area (Å²) in [4.78, 5) is 14.3. The highest BCUT2D eigenvalue weighted by Gasteiger charge is 2.29. The van der Waals surface area contributed by atoms with Crippen LogP contribution in [0, 0.1) is 6.92 Å². The van der Waals surface area contributed by atoms with E-state index in [0.717, 1.165) is 36.1 Å². The summed E-state index contributed by atoms with van der Waals surface area (Å²) in [5.74, 6) is 0. The summed E-state index contributed by atoms with van der Waals surface area (Å²) in [5, 5.41) is 4.77. The maximum atomic E-state index is 11.9. The van der Waals surface area contributed by atoms with Gasteiger partial charge < -0.3 is 9.73 Å². The largest absolute Gasteiger partial charge is 0.423 e. The van der Waals surface area contributed by atoms with Gasteiger partial charge in [0.2, 0.25) is 0 Å². The van der Waals surface area contributed by atoms with Crippen molar-refractivity contribution in [1.29, 1.82) is 0 Å². The minimum Gasteiger partial charge on any atom is -0.423 e. The van der Waals surface area contributed by atoms with E-state index < -0.39 is 0 Å². The van der Waals surface area contributed by atoms with Gasteiger partial charge in [0.25, 0.3) is 0 Å². The Kier molecular flexibility index (Phi) is 4.76. The van der Waals surface area contributed by atoms with Crippen LogP contribution in [0.5, 0.6) is 0 Å². The second-order valence-corrected chi connectivity index (χ2v) is 6.75. The summed E-state index contributed by atoms with van der Waals surface area (Å²) in [5.41, 5.74) is 2.66. The number of nitrogens with zero attached hydrogens (tertiary/aromatic N) is 1. The molecule has 2 bridgehead atoms. The Labute approximate surface area is 142 Å². The first-order chi connectivity index (χ1) is 10.7. The van der Waals surface area contributed by atoms with Crippen molar-refractivity contribution in [2.45, 2.75) is 44.8 Å². The first-order valence-electron chi connectivity index (χ1n) is 8.19. The van der Waals surface area contributed by atoms with Gasteiger partial charge in [-0.3, -0.25) is 4.90 Å². The van der Waals surface area contributed by atoms with Crippen molar-refractivity contribution >= 4 is 23.4 Å².